The fourth-order valence-electron chi connectivity index (χ4n) is 1.41. The second-order valence-corrected chi connectivity index (χ2v) is 5.13. The first-order valence-electron chi connectivity index (χ1n) is 4.83. The summed E-state index contributed by atoms with van der Waals surface area (Å²) < 4.78 is 6.28. The standard InChI is InChI=1S/C10H17BrN2OS/c1-13(5-6-15-2)8(7-12)9-3-4-10(11)14-9/h3-4,8H,5-7,12H2,1-2H3. The van der Waals surface area contributed by atoms with Gasteiger partial charge in [0.2, 0.25) is 0 Å². The van der Waals surface area contributed by atoms with Crippen LogP contribution in [0.1, 0.15) is 11.8 Å². The summed E-state index contributed by atoms with van der Waals surface area (Å²) in [6, 6.07) is 4.04. The zero-order chi connectivity index (χ0) is 11.3. The third-order valence-electron chi connectivity index (χ3n) is 2.33. The predicted octanol–water partition coefficient (Wildman–Crippen LogP) is 2.34. The molecule has 0 spiro atoms. The molecule has 0 aromatic carbocycles. The molecule has 2 N–H and O–H groups in total. The van der Waals surface area contributed by atoms with Crippen LogP contribution >= 0.6 is 27.7 Å². The monoisotopic (exact) mass is 292 g/mol. The number of hydrogen-bond acceptors (Lipinski definition) is 4. The van der Waals surface area contributed by atoms with Gasteiger partial charge >= 0.3 is 0 Å². The Labute approximate surface area is 104 Å². The Bertz CT molecular complexity index is 293. The molecule has 0 saturated heterocycles. The molecule has 15 heavy (non-hydrogen) atoms. The van der Waals surface area contributed by atoms with Crippen LogP contribution in [0.5, 0.6) is 0 Å². The summed E-state index contributed by atoms with van der Waals surface area (Å²) in [6.07, 6.45) is 2.11. The second-order valence-electron chi connectivity index (χ2n) is 3.37. The van der Waals surface area contributed by atoms with E-state index in [1.807, 2.05) is 23.9 Å². The highest BCUT2D eigenvalue weighted by molar-refractivity contribution is 9.10. The van der Waals surface area contributed by atoms with Crippen molar-refractivity contribution >= 4 is 27.7 Å². The highest BCUT2D eigenvalue weighted by Gasteiger charge is 2.18. The van der Waals surface area contributed by atoms with E-state index in [2.05, 4.69) is 34.1 Å². The van der Waals surface area contributed by atoms with E-state index in [1.165, 1.54) is 0 Å². The van der Waals surface area contributed by atoms with Crippen molar-refractivity contribution in [2.75, 3.05) is 32.1 Å². The van der Waals surface area contributed by atoms with Crippen LogP contribution in [0.3, 0.4) is 0 Å². The third-order valence-corrected chi connectivity index (χ3v) is 3.34. The number of hydrogen-bond donors (Lipinski definition) is 1. The van der Waals surface area contributed by atoms with Gasteiger partial charge in [0.25, 0.3) is 0 Å². The Hall–Kier alpha value is 0.0300. The molecule has 0 aliphatic carbocycles. The molecule has 1 aromatic rings. The lowest BCUT2D eigenvalue weighted by molar-refractivity contribution is 0.230. The molecule has 1 atom stereocenters. The number of halogens is 1. The molecule has 0 amide bonds. The zero-order valence-electron chi connectivity index (χ0n) is 9.07. The second kappa shape index (κ2) is 6.58. The van der Waals surface area contributed by atoms with Crippen molar-refractivity contribution in [2.45, 2.75) is 6.04 Å². The molecule has 1 rings (SSSR count). The van der Waals surface area contributed by atoms with E-state index in [9.17, 15) is 0 Å². The Kier molecular flexibility index (Phi) is 5.74. The summed E-state index contributed by atoms with van der Waals surface area (Å²) in [6.45, 7) is 1.59. The zero-order valence-corrected chi connectivity index (χ0v) is 11.5. The maximum absolute atomic E-state index is 5.76. The normalized spacial score (nSPS) is 13.4. The van der Waals surface area contributed by atoms with Gasteiger partial charge in [0, 0.05) is 18.8 Å². The van der Waals surface area contributed by atoms with Gasteiger partial charge in [-0.05, 0) is 41.4 Å². The third kappa shape index (κ3) is 3.83. The number of nitrogens with two attached hydrogens (primary N) is 1. The van der Waals surface area contributed by atoms with Gasteiger partial charge < -0.3 is 10.2 Å². The van der Waals surface area contributed by atoms with Crippen LogP contribution in [-0.4, -0.2) is 37.0 Å². The average molecular weight is 293 g/mol. The Balaban J connectivity index is 2.62. The van der Waals surface area contributed by atoms with Crippen molar-refractivity contribution < 1.29 is 4.42 Å². The van der Waals surface area contributed by atoms with Crippen molar-refractivity contribution in [2.24, 2.45) is 5.73 Å². The van der Waals surface area contributed by atoms with Gasteiger partial charge in [-0.1, -0.05) is 0 Å². The summed E-state index contributed by atoms with van der Waals surface area (Å²) in [7, 11) is 2.07. The summed E-state index contributed by atoms with van der Waals surface area (Å²) in [5, 5.41) is 0. The molecule has 1 unspecified atom stereocenters. The first-order valence-corrected chi connectivity index (χ1v) is 7.02. The van der Waals surface area contributed by atoms with Gasteiger partial charge in [-0.15, -0.1) is 0 Å². The molecular weight excluding hydrogens is 276 g/mol. The van der Waals surface area contributed by atoms with Crippen molar-refractivity contribution in [3.63, 3.8) is 0 Å². The fraction of sp³-hybridized carbons (Fsp3) is 0.600. The van der Waals surface area contributed by atoms with Crippen LogP contribution < -0.4 is 5.73 Å². The van der Waals surface area contributed by atoms with E-state index in [1.54, 1.807) is 0 Å². The van der Waals surface area contributed by atoms with Crippen LogP contribution in [0.4, 0.5) is 0 Å². The molecule has 0 fully saturated rings. The minimum atomic E-state index is 0.170. The van der Waals surface area contributed by atoms with E-state index in [-0.39, 0.29) is 6.04 Å². The maximum atomic E-state index is 5.76. The minimum Gasteiger partial charge on any atom is -0.453 e. The Morgan fingerprint density at radius 3 is 2.80 bits per heavy atom. The number of thioether (sulfide) groups is 1. The maximum Gasteiger partial charge on any atom is 0.169 e. The molecule has 1 aromatic heterocycles. The largest absolute Gasteiger partial charge is 0.453 e. The smallest absolute Gasteiger partial charge is 0.169 e. The van der Waals surface area contributed by atoms with Crippen molar-refractivity contribution in [1.29, 1.82) is 0 Å². The van der Waals surface area contributed by atoms with Crippen molar-refractivity contribution in [3.8, 4) is 0 Å². The van der Waals surface area contributed by atoms with Gasteiger partial charge in [-0.3, -0.25) is 4.90 Å². The first-order chi connectivity index (χ1) is 7.19. The molecule has 3 nitrogen and oxygen atoms in total. The van der Waals surface area contributed by atoms with E-state index < -0.39 is 0 Å². The summed E-state index contributed by atoms with van der Waals surface area (Å²) in [5.74, 6) is 2.03. The molecular formula is C10H17BrN2OS. The lowest BCUT2D eigenvalue weighted by Crippen LogP contribution is -2.31. The minimum absolute atomic E-state index is 0.170. The van der Waals surface area contributed by atoms with Gasteiger partial charge in [-0.2, -0.15) is 11.8 Å². The van der Waals surface area contributed by atoms with E-state index >= 15 is 0 Å². The van der Waals surface area contributed by atoms with E-state index in [0.717, 1.165) is 22.7 Å². The van der Waals surface area contributed by atoms with E-state index in [4.69, 9.17) is 10.2 Å². The molecule has 0 bridgehead atoms. The Morgan fingerprint density at radius 2 is 2.33 bits per heavy atom. The highest BCUT2D eigenvalue weighted by atomic mass is 79.9. The molecule has 1 heterocycles. The Morgan fingerprint density at radius 1 is 1.60 bits per heavy atom. The average Bonchev–Trinajstić information content (AvgIpc) is 2.63. The highest BCUT2D eigenvalue weighted by Crippen LogP contribution is 2.23. The van der Waals surface area contributed by atoms with Gasteiger partial charge in [-0.25, -0.2) is 0 Å². The summed E-state index contributed by atoms with van der Waals surface area (Å²) in [4.78, 5) is 2.22. The molecule has 86 valence electrons. The van der Waals surface area contributed by atoms with Gasteiger partial charge in [0.1, 0.15) is 5.76 Å². The first kappa shape index (κ1) is 13.1. The molecule has 0 saturated carbocycles. The number of likely N-dealkylation sites (N-methyl/N-ethyl adjacent to an activating group) is 1. The van der Waals surface area contributed by atoms with Crippen LogP contribution in [0, 0.1) is 0 Å². The van der Waals surface area contributed by atoms with Gasteiger partial charge in [0.05, 0.1) is 6.04 Å². The van der Waals surface area contributed by atoms with Crippen molar-refractivity contribution in [1.82, 2.24) is 4.90 Å². The summed E-state index contributed by atoms with van der Waals surface area (Å²) >= 11 is 5.14. The van der Waals surface area contributed by atoms with Gasteiger partial charge in [0.15, 0.2) is 4.67 Å². The SMILES string of the molecule is CSCCN(C)C(CN)c1ccc(Br)o1. The van der Waals surface area contributed by atoms with Crippen LogP contribution in [-0.2, 0) is 0 Å². The predicted molar refractivity (Wildman–Crippen MR) is 69.2 cm³/mol. The molecule has 5 heteroatoms. The molecule has 0 aliphatic rings. The van der Waals surface area contributed by atoms with Crippen LogP contribution in [0.25, 0.3) is 0 Å². The lowest BCUT2D eigenvalue weighted by atomic mass is 10.2. The number of furan rings is 1. The fourth-order valence-corrected chi connectivity index (χ4v) is 2.20. The van der Waals surface area contributed by atoms with E-state index in [0.29, 0.717) is 6.54 Å². The molecule has 0 aliphatic heterocycles. The van der Waals surface area contributed by atoms with Crippen LogP contribution in [0.15, 0.2) is 21.2 Å². The number of nitrogens with zero attached hydrogens (tertiary/aromatic N) is 1. The quantitative estimate of drug-likeness (QED) is 0.874. The van der Waals surface area contributed by atoms with Crippen molar-refractivity contribution in [3.05, 3.63) is 22.6 Å². The van der Waals surface area contributed by atoms with Crippen LogP contribution in [0.2, 0.25) is 0 Å². The lowest BCUT2D eigenvalue weighted by Gasteiger charge is -2.24. The summed E-state index contributed by atoms with van der Waals surface area (Å²) in [5.41, 5.74) is 5.76. The topological polar surface area (TPSA) is 42.4 Å². The number of rotatable bonds is 6. The molecule has 0 radical (unpaired) electrons.